The first kappa shape index (κ1) is 25.5. The van der Waals surface area contributed by atoms with Gasteiger partial charge in [0.05, 0.1) is 26.3 Å². The molecule has 0 fully saturated rings. The standard InChI is InChI=1S/C28H24N4O4S/c1-35-22-10-4-6-18(13-22)14-25(33)30-21-9-3-7-19(12-21)17-37-28-31-26(24(16-29)27(34)32-28)20-8-5-11-23(15-20)36-2/h3-13,15H,14,17H2,1-2H3,(H,30,33)(H,31,32,34). The molecular formula is C28H24N4O4S. The molecule has 0 spiro atoms. The van der Waals surface area contributed by atoms with Gasteiger partial charge in [-0.15, -0.1) is 0 Å². The van der Waals surface area contributed by atoms with Crippen LogP contribution in [0.5, 0.6) is 11.5 Å². The van der Waals surface area contributed by atoms with Crippen molar-refractivity contribution in [2.24, 2.45) is 0 Å². The molecular weight excluding hydrogens is 488 g/mol. The Morgan fingerprint density at radius 1 is 1.00 bits per heavy atom. The molecule has 0 aliphatic carbocycles. The molecule has 37 heavy (non-hydrogen) atoms. The summed E-state index contributed by atoms with van der Waals surface area (Å²) in [5.41, 5.74) is 2.81. The van der Waals surface area contributed by atoms with Gasteiger partial charge in [-0.1, -0.05) is 48.2 Å². The number of methoxy groups -OCH3 is 2. The molecule has 0 aliphatic rings. The Hall–Kier alpha value is -4.55. The molecule has 8 nitrogen and oxygen atoms in total. The monoisotopic (exact) mass is 512 g/mol. The van der Waals surface area contributed by atoms with E-state index in [2.05, 4.69) is 15.3 Å². The largest absolute Gasteiger partial charge is 0.497 e. The van der Waals surface area contributed by atoms with Gasteiger partial charge in [0.1, 0.15) is 23.1 Å². The number of hydrogen-bond acceptors (Lipinski definition) is 7. The quantitative estimate of drug-likeness (QED) is 0.244. The molecule has 1 aromatic heterocycles. The molecule has 0 radical (unpaired) electrons. The lowest BCUT2D eigenvalue weighted by Gasteiger charge is -2.09. The van der Waals surface area contributed by atoms with Crippen LogP contribution < -0.4 is 20.3 Å². The summed E-state index contributed by atoms with van der Waals surface area (Å²) in [5, 5.41) is 12.8. The lowest BCUT2D eigenvalue weighted by Crippen LogP contribution is -2.15. The van der Waals surface area contributed by atoms with Crippen molar-refractivity contribution in [1.82, 2.24) is 9.97 Å². The maximum Gasteiger partial charge on any atom is 0.270 e. The fraction of sp³-hybridized carbons (Fsp3) is 0.143. The molecule has 0 saturated heterocycles. The number of aromatic nitrogens is 2. The molecule has 0 atom stereocenters. The van der Waals surface area contributed by atoms with Crippen LogP contribution in [-0.4, -0.2) is 30.1 Å². The van der Waals surface area contributed by atoms with Gasteiger partial charge >= 0.3 is 0 Å². The summed E-state index contributed by atoms with van der Waals surface area (Å²) in [6, 6.07) is 23.9. The predicted octanol–water partition coefficient (Wildman–Crippen LogP) is 4.80. The Morgan fingerprint density at radius 2 is 1.70 bits per heavy atom. The summed E-state index contributed by atoms with van der Waals surface area (Å²) < 4.78 is 10.5. The van der Waals surface area contributed by atoms with E-state index < -0.39 is 5.56 Å². The third-order valence-electron chi connectivity index (χ3n) is 5.44. The summed E-state index contributed by atoms with van der Waals surface area (Å²) >= 11 is 1.33. The first-order chi connectivity index (χ1) is 18.0. The molecule has 0 unspecified atom stereocenters. The second-order valence-corrected chi connectivity index (χ2v) is 8.97. The molecule has 4 rings (SSSR count). The van der Waals surface area contributed by atoms with Gasteiger partial charge in [0.15, 0.2) is 5.16 Å². The number of carbonyl (C=O) groups excluding carboxylic acids is 1. The zero-order chi connectivity index (χ0) is 26.2. The molecule has 0 bridgehead atoms. The van der Waals surface area contributed by atoms with Crippen molar-refractivity contribution in [3.8, 4) is 28.8 Å². The van der Waals surface area contributed by atoms with Crippen molar-refractivity contribution in [3.05, 3.63) is 99.8 Å². The first-order valence-corrected chi connectivity index (χ1v) is 12.3. The van der Waals surface area contributed by atoms with Crippen LogP contribution in [0.1, 0.15) is 16.7 Å². The van der Waals surface area contributed by atoms with Crippen molar-refractivity contribution in [2.45, 2.75) is 17.3 Å². The lowest BCUT2D eigenvalue weighted by atomic mass is 10.1. The van der Waals surface area contributed by atoms with Crippen molar-refractivity contribution in [1.29, 1.82) is 5.26 Å². The highest BCUT2D eigenvalue weighted by atomic mass is 32.2. The molecule has 0 aliphatic heterocycles. The van der Waals surface area contributed by atoms with Gasteiger partial charge in [0.2, 0.25) is 5.91 Å². The Kier molecular flexibility index (Phi) is 8.23. The molecule has 1 amide bonds. The van der Waals surface area contributed by atoms with E-state index in [4.69, 9.17) is 9.47 Å². The first-order valence-electron chi connectivity index (χ1n) is 11.3. The maximum atomic E-state index is 12.6. The van der Waals surface area contributed by atoms with E-state index in [1.54, 1.807) is 38.5 Å². The van der Waals surface area contributed by atoms with Gasteiger partial charge in [-0.2, -0.15) is 5.26 Å². The zero-order valence-electron chi connectivity index (χ0n) is 20.3. The third kappa shape index (κ3) is 6.57. The molecule has 3 aromatic carbocycles. The van der Waals surface area contributed by atoms with Crippen LogP contribution in [0.15, 0.2) is 82.7 Å². The second kappa shape index (κ2) is 11.9. The number of nitrogens with one attached hydrogen (secondary N) is 2. The van der Waals surface area contributed by atoms with E-state index >= 15 is 0 Å². The molecule has 1 heterocycles. The van der Waals surface area contributed by atoms with Crippen LogP contribution in [0.4, 0.5) is 5.69 Å². The minimum Gasteiger partial charge on any atom is -0.497 e. The molecule has 4 aromatic rings. The smallest absolute Gasteiger partial charge is 0.270 e. The summed E-state index contributed by atoms with van der Waals surface area (Å²) in [6.45, 7) is 0. The number of thioether (sulfide) groups is 1. The van der Waals surface area contributed by atoms with Gasteiger partial charge in [-0.05, 0) is 47.5 Å². The molecule has 186 valence electrons. The number of H-pyrrole nitrogens is 1. The van der Waals surface area contributed by atoms with Gasteiger partial charge in [-0.3, -0.25) is 9.59 Å². The minimum atomic E-state index is -0.503. The number of nitrogens with zero attached hydrogens (tertiary/aromatic N) is 2. The number of rotatable bonds is 9. The van der Waals surface area contributed by atoms with E-state index in [0.717, 1.165) is 11.1 Å². The summed E-state index contributed by atoms with van der Waals surface area (Å²) in [5.74, 6) is 1.65. The Labute approximate surface area is 218 Å². The average molecular weight is 513 g/mol. The van der Waals surface area contributed by atoms with Gasteiger partial charge in [0, 0.05) is 17.0 Å². The second-order valence-electron chi connectivity index (χ2n) is 8.00. The lowest BCUT2D eigenvalue weighted by molar-refractivity contribution is -0.115. The topological polar surface area (TPSA) is 117 Å². The fourth-order valence-corrected chi connectivity index (χ4v) is 4.47. The van der Waals surface area contributed by atoms with Crippen LogP contribution in [-0.2, 0) is 17.0 Å². The van der Waals surface area contributed by atoms with Crippen molar-refractivity contribution in [3.63, 3.8) is 0 Å². The Balaban J connectivity index is 1.47. The number of amides is 1. The highest BCUT2D eigenvalue weighted by Crippen LogP contribution is 2.27. The molecule has 2 N–H and O–H groups in total. The van der Waals surface area contributed by atoms with Gasteiger partial charge in [0.25, 0.3) is 5.56 Å². The van der Waals surface area contributed by atoms with Crippen molar-refractivity contribution >= 4 is 23.4 Å². The maximum absolute atomic E-state index is 12.6. The summed E-state index contributed by atoms with van der Waals surface area (Å²) in [6.07, 6.45) is 0.222. The van der Waals surface area contributed by atoms with Crippen LogP contribution in [0.3, 0.4) is 0 Å². The fourth-order valence-electron chi connectivity index (χ4n) is 3.67. The summed E-state index contributed by atoms with van der Waals surface area (Å²) in [7, 11) is 3.14. The summed E-state index contributed by atoms with van der Waals surface area (Å²) in [4.78, 5) is 32.4. The zero-order valence-corrected chi connectivity index (χ0v) is 21.1. The minimum absolute atomic E-state index is 0.0571. The van der Waals surface area contributed by atoms with E-state index in [1.165, 1.54) is 11.8 Å². The van der Waals surface area contributed by atoms with Crippen molar-refractivity contribution in [2.75, 3.05) is 19.5 Å². The van der Waals surface area contributed by atoms with Crippen LogP contribution in [0.2, 0.25) is 0 Å². The molecule has 0 saturated carbocycles. The number of ether oxygens (including phenoxy) is 2. The number of anilines is 1. The van der Waals surface area contributed by atoms with Crippen LogP contribution in [0, 0.1) is 11.3 Å². The normalized spacial score (nSPS) is 10.4. The van der Waals surface area contributed by atoms with E-state index in [-0.39, 0.29) is 17.9 Å². The van der Waals surface area contributed by atoms with E-state index in [0.29, 0.717) is 39.4 Å². The van der Waals surface area contributed by atoms with Crippen LogP contribution >= 0.6 is 11.8 Å². The third-order valence-corrected chi connectivity index (χ3v) is 6.38. The van der Waals surface area contributed by atoms with E-state index in [1.807, 2.05) is 54.6 Å². The number of hydrogen-bond donors (Lipinski definition) is 2. The van der Waals surface area contributed by atoms with Gasteiger partial charge in [-0.25, -0.2) is 4.98 Å². The van der Waals surface area contributed by atoms with E-state index in [9.17, 15) is 14.9 Å². The molecule has 9 heteroatoms. The van der Waals surface area contributed by atoms with Gasteiger partial charge < -0.3 is 19.8 Å². The average Bonchev–Trinajstić information content (AvgIpc) is 2.92. The number of aromatic amines is 1. The highest BCUT2D eigenvalue weighted by Gasteiger charge is 2.15. The predicted molar refractivity (Wildman–Crippen MR) is 143 cm³/mol. The Bertz CT molecular complexity index is 1530. The SMILES string of the molecule is COc1cccc(CC(=O)Nc2cccc(CSc3nc(-c4cccc(OC)c4)c(C#N)c(=O)[nH]3)c2)c1. The van der Waals surface area contributed by atoms with Crippen molar-refractivity contribution < 1.29 is 14.3 Å². The Morgan fingerprint density at radius 3 is 2.46 bits per heavy atom. The number of benzene rings is 3. The highest BCUT2D eigenvalue weighted by molar-refractivity contribution is 7.98. The number of carbonyl (C=O) groups is 1. The van der Waals surface area contributed by atoms with Crippen LogP contribution in [0.25, 0.3) is 11.3 Å². The number of nitriles is 1.